The maximum absolute atomic E-state index is 13.9. The molecular weight excluding hydrogens is 350 g/mol. The summed E-state index contributed by atoms with van der Waals surface area (Å²) in [5.74, 6) is 0.336. The number of rotatable bonds is 7. The molecule has 0 bridgehead atoms. The quantitative estimate of drug-likeness (QED) is 0.556. The largest absolute Gasteiger partial charge is 0.454 e. The van der Waals surface area contributed by atoms with Gasteiger partial charge in [-0.05, 0) is 35.9 Å². The fourth-order valence-electron chi connectivity index (χ4n) is 2.10. The van der Waals surface area contributed by atoms with Crippen molar-refractivity contribution in [2.24, 2.45) is 5.41 Å². The Balaban J connectivity index is 1.99. The van der Waals surface area contributed by atoms with Gasteiger partial charge in [-0.25, -0.2) is 4.39 Å². The van der Waals surface area contributed by atoms with Crippen LogP contribution in [-0.4, -0.2) is 6.61 Å². The zero-order chi connectivity index (χ0) is 17.6. The van der Waals surface area contributed by atoms with Crippen LogP contribution >= 0.6 is 23.2 Å². The summed E-state index contributed by atoms with van der Waals surface area (Å²) in [5, 5.41) is 0. The molecule has 2 aromatic rings. The van der Waals surface area contributed by atoms with E-state index in [9.17, 15) is 4.39 Å². The highest BCUT2D eigenvalue weighted by molar-refractivity contribution is 6.55. The van der Waals surface area contributed by atoms with E-state index in [2.05, 4.69) is 0 Å². The topological polar surface area (TPSA) is 18.5 Å². The van der Waals surface area contributed by atoms with Gasteiger partial charge in [0.05, 0.1) is 13.2 Å². The second-order valence-corrected chi connectivity index (χ2v) is 7.10. The molecule has 0 aliphatic heterocycles. The molecule has 0 unspecified atom stereocenters. The molecule has 0 N–H and O–H groups in total. The van der Waals surface area contributed by atoms with Crippen LogP contribution in [0.3, 0.4) is 0 Å². The molecule has 0 amide bonds. The molecule has 0 atom stereocenters. The van der Waals surface area contributed by atoms with Crippen molar-refractivity contribution in [3.63, 3.8) is 0 Å². The Labute approximate surface area is 151 Å². The van der Waals surface area contributed by atoms with Crippen LogP contribution in [-0.2, 0) is 11.3 Å². The van der Waals surface area contributed by atoms with Crippen molar-refractivity contribution in [2.45, 2.75) is 20.5 Å². The molecule has 128 valence electrons. The lowest BCUT2D eigenvalue weighted by Gasteiger charge is -2.20. The van der Waals surface area contributed by atoms with Gasteiger partial charge in [-0.1, -0.05) is 61.3 Å². The predicted octanol–water partition coefficient (Wildman–Crippen LogP) is 6.48. The SMILES string of the molecule is CC(C)(C=C(Cl)Cl)COCc1ccc(F)c(Oc2ccccc2)c1. The molecule has 0 aliphatic rings. The Morgan fingerprint density at radius 1 is 1.12 bits per heavy atom. The lowest BCUT2D eigenvalue weighted by Crippen LogP contribution is -2.16. The molecule has 2 nitrogen and oxygen atoms in total. The van der Waals surface area contributed by atoms with Gasteiger partial charge in [0.25, 0.3) is 0 Å². The fourth-order valence-corrected chi connectivity index (χ4v) is 2.69. The van der Waals surface area contributed by atoms with Crippen LogP contribution in [0.25, 0.3) is 0 Å². The zero-order valence-electron chi connectivity index (χ0n) is 13.6. The van der Waals surface area contributed by atoms with E-state index in [0.717, 1.165) is 5.56 Å². The molecule has 24 heavy (non-hydrogen) atoms. The minimum atomic E-state index is -0.417. The van der Waals surface area contributed by atoms with Crippen LogP contribution in [0.2, 0.25) is 0 Å². The summed E-state index contributed by atoms with van der Waals surface area (Å²) in [5.41, 5.74) is 0.529. The number of halogens is 3. The van der Waals surface area contributed by atoms with Crippen LogP contribution in [0, 0.1) is 11.2 Å². The third-order valence-electron chi connectivity index (χ3n) is 3.21. The van der Waals surface area contributed by atoms with E-state index in [1.165, 1.54) is 6.07 Å². The standard InChI is InChI=1S/C19H19Cl2FO2/c1-19(2,11-18(20)21)13-23-12-14-8-9-16(22)17(10-14)24-15-6-4-3-5-7-15/h3-11H,12-13H2,1-2H3. The van der Waals surface area contributed by atoms with Crippen molar-refractivity contribution in [2.75, 3.05) is 6.61 Å². The molecule has 0 aliphatic carbocycles. The minimum absolute atomic E-state index is 0.172. The number of hydrogen-bond acceptors (Lipinski definition) is 2. The van der Waals surface area contributed by atoms with Gasteiger partial charge in [0.2, 0.25) is 0 Å². The highest BCUT2D eigenvalue weighted by Gasteiger charge is 2.16. The molecule has 2 rings (SSSR count). The van der Waals surface area contributed by atoms with E-state index in [1.54, 1.807) is 30.3 Å². The van der Waals surface area contributed by atoms with Gasteiger partial charge in [0.15, 0.2) is 11.6 Å². The Kier molecular flexibility index (Phi) is 6.67. The maximum Gasteiger partial charge on any atom is 0.165 e. The van der Waals surface area contributed by atoms with Crippen molar-refractivity contribution in [3.05, 3.63) is 70.5 Å². The normalized spacial score (nSPS) is 11.2. The molecule has 0 fully saturated rings. The first kappa shape index (κ1) is 18.8. The third kappa shape index (κ3) is 6.16. The molecular formula is C19H19Cl2FO2. The van der Waals surface area contributed by atoms with Gasteiger partial charge in [-0.15, -0.1) is 0 Å². The van der Waals surface area contributed by atoms with Gasteiger partial charge in [-0.3, -0.25) is 0 Å². The average molecular weight is 369 g/mol. The monoisotopic (exact) mass is 368 g/mol. The summed E-state index contributed by atoms with van der Waals surface area (Å²) in [6.45, 7) is 4.70. The summed E-state index contributed by atoms with van der Waals surface area (Å²) in [6, 6.07) is 13.8. The Hall–Kier alpha value is -1.55. The average Bonchev–Trinajstić information content (AvgIpc) is 2.50. The second kappa shape index (κ2) is 8.52. The summed E-state index contributed by atoms with van der Waals surface area (Å²) in [7, 11) is 0. The van der Waals surface area contributed by atoms with Crippen LogP contribution in [0.5, 0.6) is 11.5 Å². The highest BCUT2D eigenvalue weighted by atomic mass is 35.5. The molecule has 0 heterocycles. The Morgan fingerprint density at radius 2 is 1.83 bits per heavy atom. The van der Waals surface area contributed by atoms with E-state index >= 15 is 0 Å². The number of para-hydroxylation sites is 1. The molecule has 0 saturated carbocycles. The fraction of sp³-hybridized carbons (Fsp3) is 0.263. The van der Waals surface area contributed by atoms with E-state index in [-0.39, 0.29) is 15.7 Å². The van der Waals surface area contributed by atoms with Crippen molar-refractivity contribution in [1.82, 2.24) is 0 Å². The number of benzene rings is 2. The Morgan fingerprint density at radius 3 is 2.50 bits per heavy atom. The number of hydrogen-bond donors (Lipinski definition) is 0. The zero-order valence-corrected chi connectivity index (χ0v) is 15.1. The van der Waals surface area contributed by atoms with Crippen molar-refractivity contribution in [3.8, 4) is 11.5 Å². The van der Waals surface area contributed by atoms with E-state index in [1.807, 2.05) is 32.0 Å². The van der Waals surface area contributed by atoms with Crippen LogP contribution in [0.1, 0.15) is 19.4 Å². The third-order valence-corrected chi connectivity index (χ3v) is 3.43. The predicted molar refractivity (Wildman–Crippen MR) is 96.1 cm³/mol. The lowest BCUT2D eigenvalue weighted by molar-refractivity contribution is 0.0716. The second-order valence-electron chi connectivity index (χ2n) is 6.10. The van der Waals surface area contributed by atoms with Gasteiger partial charge < -0.3 is 9.47 Å². The first-order chi connectivity index (χ1) is 11.4. The van der Waals surface area contributed by atoms with E-state index in [4.69, 9.17) is 32.7 Å². The van der Waals surface area contributed by atoms with Crippen LogP contribution < -0.4 is 4.74 Å². The van der Waals surface area contributed by atoms with Crippen molar-refractivity contribution in [1.29, 1.82) is 0 Å². The van der Waals surface area contributed by atoms with Crippen LogP contribution in [0.4, 0.5) is 4.39 Å². The van der Waals surface area contributed by atoms with E-state index in [0.29, 0.717) is 19.0 Å². The summed E-state index contributed by atoms with van der Waals surface area (Å²) < 4.78 is 25.4. The molecule has 2 aromatic carbocycles. The van der Waals surface area contributed by atoms with Crippen molar-refractivity contribution < 1.29 is 13.9 Å². The molecule has 0 spiro atoms. The van der Waals surface area contributed by atoms with Gasteiger partial charge >= 0.3 is 0 Å². The molecule has 0 saturated heterocycles. The first-order valence-corrected chi connectivity index (χ1v) is 8.24. The smallest absolute Gasteiger partial charge is 0.165 e. The summed E-state index contributed by atoms with van der Waals surface area (Å²) in [6.07, 6.45) is 1.73. The summed E-state index contributed by atoms with van der Waals surface area (Å²) >= 11 is 11.4. The van der Waals surface area contributed by atoms with Gasteiger partial charge in [-0.2, -0.15) is 0 Å². The summed E-state index contributed by atoms with van der Waals surface area (Å²) in [4.78, 5) is 0. The lowest BCUT2D eigenvalue weighted by atomic mass is 9.95. The van der Waals surface area contributed by atoms with E-state index < -0.39 is 5.82 Å². The molecule has 0 aromatic heterocycles. The van der Waals surface area contributed by atoms with Gasteiger partial charge in [0.1, 0.15) is 10.2 Å². The van der Waals surface area contributed by atoms with Crippen LogP contribution in [0.15, 0.2) is 59.1 Å². The highest BCUT2D eigenvalue weighted by Crippen LogP contribution is 2.27. The first-order valence-electron chi connectivity index (χ1n) is 7.49. The van der Waals surface area contributed by atoms with Crippen molar-refractivity contribution >= 4 is 23.2 Å². The Bertz CT molecular complexity index is 696. The minimum Gasteiger partial charge on any atom is -0.454 e. The maximum atomic E-state index is 13.9. The molecule has 0 radical (unpaired) electrons. The molecule has 5 heteroatoms. The van der Waals surface area contributed by atoms with Gasteiger partial charge in [0, 0.05) is 5.41 Å². The number of ether oxygens (including phenoxy) is 2.